The molecule has 0 aromatic carbocycles. The van der Waals surface area contributed by atoms with E-state index in [2.05, 4.69) is 6.92 Å². The molecule has 1 atom stereocenters. The van der Waals surface area contributed by atoms with Crippen molar-refractivity contribution in [2.75, 3.05) is 12.0 Å². The molecule has 21 heavy (non-hydrogen) atoms. The van der Waals surface area contributed by atoms with Crippen molar-refractivity contribution in [3.8, 4) is 0 Å². The van der Waals surface area contributed by atoms with Gasteiger partial charge in [-0.1, -0.05) is 84.0 Å². The van der Waals surface area contributed by atoms with Crippen LogP contribution in [0.1, 0.15) is 96.8 Å². The van der Waals surface area contributed by atoms with Crippen molar-refractivity contribution in [2.24, 2.45) is 0 Å². The van der Waals surface area contributed by atoms with Crippen LogP contribution in [0.4, 0.5) is 0 Å². The number of hydrogen-bond acceptors (Lipinski definition) is 2. The first-order chi connectivity index (χ1) is 10.2. The molecule has 0 aliphatic heterocycles. The zero-order valence-electron chi connectivity index (χ0n) is 14.3. The minimum Gasteiger partial charge on any atom is -0.299 e. The summed E-state index contributed by atoms with van der Waals surface area (Å²) in [5.74, 6) is 0.414. The smallest absolute Gasteiger partial charge is 0.145 e. The van der Waals surface area contributed by atoms with E-state index in [-0.39, 0.29) is 11.5 Å². The first kappa shape index (κ1) is 20.8. The summed E-state index contributed by atoms with van der Waals surface area (Å²) in [7, 11) is -0.962. The van der Waals surface area contributed by atoms with Crippen LogP contribution < -0.4 is 0 Å². The van der Waals surface area contributed by atoms with Crippen LogP contribution in [-0.2, 0) is 15.6 Å². The van der Waals surface area contributed by atoms with Gasteiger partial charge in [-0.2, -0.15) is 0 Å². The average Bonchev–Trinajstić information content (AvgIpc) is 2.43. The van der Waals surface area contributed by atoms with Crippen LogP contribution in [0.3, 0.4) is 0 Å². The summed E-state index contributed by atoms with van der Waals surface area (Å²) < 4.78 is 10.9. The lowest BCUT2D eigenvalue weighted by atomic mass is 10.0. The van der Waals surface area contributed by atoms with E-state index in [1.165, 1.54) is 70.6 Å². The first-order valence-corrected chi connectivity index (χ1v) is 10.7. The number of carbonyl (C=O) groups is 1. The van der Waals surface area contributed by atoms with Crippen molar-refractivity contribution in [1.29, 1.82) is 0 Å². The number of carbonyl (C=O) groups excluding carboxylic acids is 1. The Balaban J connectivity index is 3.09. The third-order valence-corrected chi connectivity index (χ3v) is 4.65. The molecule has 3 heteroatoms. The van der Waals surface area contributed by atoms with Crippen molar-refractivity contribution < 1.29 is 9.00 Å². The highest BCUT2D eigenvalue weighted by atomic mass is 32.2. The summed E-state index contributed by atoms with van der Waals surface area (Å²) >= 11 is 0. The van der Waals surface area contributed by atoms with Crippen LogP contribution in [0.25, 0.3) is 0 Å². The Labute approximate surface area is 134 Å². The maximum atomic E-state index is 11.4. The van der Waals surface area contributed by atoms with Gasteiger partial charge in [0.2, 0.25) is 0 Å². The van der Waals surface area contributed by atoms with Gasteiger partial charge in [0.1, 0.15) is 5.78 Å². The van der Waals surface area contributed by atoms with Crippen LogP contribution in [0, 0.1) is 0 Å². The van der Waals surface area contributed by atoms with Crippen LogP contribution in [0.5, 0.6) is 0 Å². The van der Waals surface area contributed by atoms with Gasteiger partial charge in [0.15, 0.2) is 0 Å². The Kier molecular flexibility index (Phi) is 16.1. The van der Waals surface area contributed by atoms with Gasteiger partial charge in [0.05, 0.1) is 5.75 Å². The van der Waals surface area contributed by atoms with Gasteiger partial charge < -0.3 is 0 Å². The number of rotatable bonds is 16. The predicted octanol–water partition coefficient (Wildman–Crippen LogP) is 5.42. The van der Waals surface area contributed by atoms with E-state index in [0.717, 1.165) is 12.8 Å². The second-order valence-electron chi connectivity index (χ2n) is 6.25. The maximum Gasteiger partial charge on any atom is 0.145 e. The van der Waals surface area contributed by atoms with E-state index in [1.54, 1.807) is 6.26 Å². The van der Waals surface area contributed by atoms with Gasteiger partial charge in [0.25, 0.3) is 0 Å². The normalized spacial score (nSPS) is 12.5. The fourth-order valence-electron chi connectivity index (χ4n) is 2.64. The zero-order chi connectivity index (χ0) is 15.8. The standard InChI is InChI=1S/C18H36O2S/c1-3-4-5-6-7-8-9-10-11-12-13-14-15-16-18(19)17-21(2)20/h3-17H2,1-2H3/t21-/m0/s1. The SMILES string of the molecule is CCCCCCCCCCCCCCCC(=O)C[S@](C)=O. The maximum absolute atomic E-state index is 11.4. The molecule has 0 rings (SSSR count). The molecule has 0 aliphatic carbocycles. The lowest BCUT2D eigenvalue weighted by Gasteiger charge is -2.03. The number of hydrogen-bond donors (Lipinski definition) is 0. The quantitative estimate of drug-likeness (QED) is 0.356. The Hall–Kier alpha value is -0.180. The predicted molar refractivity (Wildman–Crippen MR) is 94.3 cm³/mol. The second kappa shape index (κ2) is 16.2. The summed E-state index contributed by atoms with van der Waals surface area (Å²) in [4.78, 5) is 11.4. The minimum atomic E-state index is -0.962. The van der Waals surface area contributed by atoms with E-state index in [0.29, 0.717) is 6.42 Å². The molecular weight excluding hydrogens is 280 g/mol. The zero-order valence-corrected chi connectivity index (χ0v) is 15.1. The van der Waals surface area contributed by atoms with E-state index < -0.39 is 10.8 Å². The molecule has 0 aromatic heterocycles. The Morgan fingerprint density at radius 1 is 0.714 bits per heavy atom. The molecular formula is C18H36O2S. The van der Waals surface area contributed by atoms with Gasteiger partial charge in [-0.15, -0.1) is 0 Å². The topological polar surface area (TPSA) is 34.1 Å². The number of unbranched alkanes of at least 4 members (excludes halogenated alkanes) is 12. The largest absolute Gasteiger partial charge is 0.299 e. The molecule has 0 heterocycles. The fourth-order valence-corrected chi connectivity index (χ4v) is 3.24. The average molecular weight is 317 g/mol. The van der Waals surface area contributed by atoms with Crippen molar-refractivity contribution >= 4 is 16.6 Å². The fraction of sp³-hybridized carbons (Fsp3) is 0.944. The number of Topliss-reactive ketones (excluding diaryl/α,β-unsaturated/α-hetero) is 1. The van der Waals surface area contributed by atoms with E-state index in [1.807, 2.05) is 0 Å². The first-order valence-electron chi connectivity index (χ1n) is 8.98. The van der Waals surface area contributed by atoms with E-state index in [9.17, 15) is 9.00 Å². The summed E-state index contributed by atoms with van der Waals surface area (Å²) in [5.41, 5.74) is 0. The minimum absolute atomic E-state index is 0.166. The van der Waals surface area contributed by atoms with E-state index in [4.69, 9.17) is 0 Å². The molecule has 0 unspecified atom stereocenters. The van der Waals surface area contributed by atoms with Crippen LogP contribution >= 0.6 is 0 Å². The summed E-state index contributed by atoms with van der Waals surface area (Å²) in [6, 6.07) is 0. The molecule has 0 amide bonds. The second-order valence-corrected chi connectivity index (χ2v) is 7.68. The van der Waals surface area contributed by atoms with Gasteiger partial charge in [0, 0.05) is 23.5 Å². The molecule has 0 saturated carbocycles. The Bertz CT molecular complexity index is 264. The molecule has 126 valence electrons. The van der Waals surface area contributed by atoms with Crippen molar-refractivity contribution in [3.05, 3.63) is 0 Å². The highest BCUT2D eigenvalue weighted by Gasteiger charge is 2.03. The lowest BCUT2D eigenvalue weighted by molar-refractivity contribution is -0.116. The molecule has 2 nitrogen and oxygen atoms in total. The summed E-state index contributed by atoms with van der Waals surface area (Å²) in [6.07, 6.45) is 19.4. The monoisotopic (exact) mass is 316 g/mol. The molecule has 0 aliphatic rings. The highest BCUT2D eigenvalue weighted by Crippen LogP contribution is 2.13. The van der Waals surface area contributed by atoms with Crippen molar-refractivity contribution in [1.82, 2.24) is 0 Å². The molecule has 0 fully saturated rings. The van der Waals surface area contributed by atoms with Crippen molar-refractivity contribution in [3.63, 3.8) is 0 Å². The lowest BCUT2D eigenvalue weighted by Crippen LogP contribution is -2.08. The highest BCUT2D eigenvalue weighted by molar-refractivity contribution is 7.85. The molecule has 0 N–H and O–H groups in total. The molecule has 0 aromatic rings. The van der Waals surface area contributed by atoms with Crippen molar-refractivity contribution in [2.45, 2.75) is 96.8 Å². The third-order valence-electron chi connectivity index (χ3n) is 3.92. The molecule has 0 saturated heterocycles. The van der Waals surface area contributed by atoms with Gasteiger partial charge in [-0.05, 0) is 6.42 Å². The molecule has 0 bridgehead atoms. The van der Waals surface area contributed by atoms with Gasteiger partial charge >= 0.3 is 0 Å². The third kappa shape index (κ3) is 17.8. The molecule has 0 spiro atoms. The summed E-state index contributed by atoms with van der Waals surface area (Å²) in [5, 5.41) is 0. The van der Waals surface area contributed by atoms with Gasteiger partial charge in [-0.3, -0.25) is 9.00 Å². The van der Waals surface area contributed by atoms with Gasteiger partial charge in [-0.25, -0.2) is 0 Å². The van der Waals surface area contributed by atoms with Crippen LogP contribution in [0.15, 0.2) is 0 Å². The Morgan fingerprint density at radius 3 is 1.48 bits per heavy atom. The van der Waals surface area contributed by atoms with E-state index >= 15 is 0 Å². The number of ketones is 1. The van der Waals surface area contributed by atoms with Crippen LogP contribution in [0.2, 0.25) is 0 Å². The van der Waals surface area contributed by atoms with Crippen LogP contribution in [-0.4, -0.2) is 22.0 Å². The summed E-state index contributed by atoms with van der Waals surface area (Å²) in [6.45, 7) is 2.26. The molecule has 0 radical (unpaired) electrons. The Morgan fingerprint density at radius 2 is 1.10 bits per heavy atom.